The molecule has 282 valence electrons. The lowest BCUT2D eigenvalue weighted by molar-refractivity contribution is -0.161. The van der Waals surface area contributed by atoms with Crippen molar-refractivity contribution in [1.82, 2.24) is 0 Å². The van der Waals surface area contributed by atoms with Crippen LogP contribution in [0.4, 0.5) is 0 Å². The number of nitrogens with two attached hydrogens (primary N) is 1. The monoisotopic (exact) mass is 709 g/mol. The van der Waals surface area contributed by atoms with Gasteiger partial charge in [-0.15, -0.1) is 0 Å². The first-order valence-corrected chi connectivity index (χ1v) is 20.3. The van der Waals surface area contributed by atoms with E-state index in [0.717, 1.165) is 57.8 Å². The SMILES string of the molecule is CCCCC=CCCCCCCCC(=O)OCC(COP(=O)(O)OCCN)OC(=O)CCCC=CCC=CCC=CCC=CCCCCC. The van der Waals surface area contributed by atoms with Gasteiger partial charge in [-0.1, -0.05) is 120 Å². The van der Waals surface area contributed by atoms with E-state index in [4.69, 9.17) is 24.3 Å². The molecule has 0 aliphatic rings. The summed E-state index contributed by atoms with van der Waals surface area (Å²) in [5.41, 5.74) is 5.32. The van der Waals surface area contributed by atoms with Crippen molar-refractivity contribution in [2.45, 2.75) is 148 Å². The lowest BCUT2D eigenvalue weighted by Gasteiger charge is -2.19. The van der Waals surface area contributed by atoms with Gasteiger partial charge in [0.05, 0.1) is 13.2 Å². The third kappa shape index (κ3) is 35.3. The molecule has 3 N–H and O–H groups in total. The van der Waals surface area contributed by atoms with Crippen molar-refractivity contribution < 1.29 is 37.6 Å². The Hall–Kier alpha value is -2.29. The van der Waals surface area contributed by atoms with Crippen molar-refractivity contribution in [3.63, 3.8) is 0 Å². The van der Waals surface area contributed by atoms with E-state index in [-0.39, 0.29) is 32.6 Å². The molecule has 0 saturated heterocycles. The number of unbranched alkanes of at least 4 members (excludes halogenated alkanes) is 11. The largest absolute Gasteiger partial charge is 0.472 e. The van der Waals surface area contributed by atoms with Crippen LogP contribution in [0.25, 0.3) is 0 Å². The summed E-state index contributed by atoms with van der Waals surface area (Å²) in [5, 5.41) is 0. The number of hydrogen-bond donors (Lipinski definition) is 2. The van der Waals surface area contributed by atoms with Crippen molar-refractivity contribution in [1.29, 1.82) is 0 Å². The van der Waals surface area contributed by atoms with Gasteiger partial charge >= 0.3 is 19.8 Å². The van der Waals surface area contributed by atoms with Gasteiger partial charge in [0.1, 0.15) is 6.61 Å². The van der Waals surface area contributed by atoms with Gasteiger partial charge in [-0.25, -0.2) is 4.57 Å². The van der Waals surface area contributed by atoms with E-state index in [9.17, 15) is 19.0 Å². The molecule has 0 aliphatic heterocycles. The fraction of sp³-hybridized carbons (Fsp3) is 0.692. The number of ether oxygens (including phenoxy) is 2. The maximum Gasteiger partial charge on any atom is 0.472 e. The predicted molar refractivity (Wildman–Crippen MR) is 201 cm³/mol. The zero-order valence-electron chi connectivity index (χ0n) is 30.7. The van der Waals surface area contributed by atoms with E-state index in [0.29, 0.717) is 19.3 Å². The molecule has 0 aromatic heterocycles. The third-order valence-electron chi connectivity index (χ3n) is 7.38. The van der Waals surface area contributed by atoms with Crippen molar-refractivity contribution in [2.75, 3.05) is 26.4 Å². The van der Waals surface area contributed by atoms with Crippen LogP contribution in [0, 0.1) is 0 Å². The van der Waals surface area contributed by atoms with Crippen LogP contribution >= 0.6 is 7.82 Å². The molecule has 0 aromatic carbocycles. The quantitative estimate of drug-likeness (QED) is 0.0290. The molecule has 0 amide bonds. The molecule has 0 radical (unpaired) electrons. The van der Waals surface area contributed by atoms with E-state index >= 15 is 0 Å². The summed E-state index contributed by atoms with van der Waals surface area (Å²) in [4.78, 5) is 34.6. The Morgan fingerprint density at radius 3 is 1.71 bits per heavy atom. The topological polar surface area (TPSA) is 134 Å². The second-order valence-corrected chi connectivity index (χ2v) is 13.5. The number of allylic oxidation sites excluding steroid dienone is 10. The van der Waals surface area contributed by atoms with Crippen LogP contribution in [0.2, 0.25) is 0 Å². The summed E-state index contributed by atoms with van der Waals surface area (Å²) < 4.78 is 32.5. The molecule has 9 nitrogen and oxygen atoms in total. The van der Waals surface area contributed by atoms with E-state index in [1.165, 1.54) is 38.5 Å². The fourth-order valence-electron chi connectivity index (χ4n) is 4.55. The summed E-state index contributed by atoms with van der Waals surface area (Å²) in [6.45, 7) is 3.56. The van der Waals surface area contributed by atoms with Crippen LogP contribution in [0.15, 0.2) is 60.8 Å². The molecule has 10 heteroatoms. The highest BCUT2D eigenvalue weighted by Crippen LogP contribution is 2.43. The Balaban J connectivity index is 4.37. The van der Waals surface area contributed by atoms with Gasteiger partial charge in [0.25, 0.3) is 0 Å². The van der Waals surface area contributed by atoms with E-state index in [1.807, 2.05) is 6.08 Å². The number of rotatable bonds is 34. The lowest BCUT2D eigenvalue weighted by Crippen LogP contribution is -2.29. The zero-order chi connectivity index (χ0) is 36.1. The van der Waals surface area contributed by atoms with E-state index in [1.54, 1.807) is 0 Å². The van der Waals surface area contributed by atoms with Crippen LogP contribution in [-0.4, -0.2) is 49.3 Å². The van der Waals surface area contributed by atoms with Crippen LogP contribution < -0.4 is 5.73 Å². The molecule has 0 heterocycles. The first kappa shape index (κ1) is 46.7. The predicted octanol–water partition coefficient (Wildman–Crippen LogP) is 10.2. The number of carbonyl (C=O) groups excluding carboxylic acids is 2. The Labute approximate surface area is 298 Å². The molecular formula is C39H68NO8P. The first-order chi connectivity index (χ1) is 23.8. The van der Waals surface area contributed by atoms with Crippen LogP contribution in [0.1, 0.15) is 142 Å². The van der Waals surface area contributed by atoms with Gasteiger partial charge in [-0.2, -0.15) is 0 Å². The minimum absolute atomic E-state index is 0.0411. The van der Waals surface area contributed by atoms with Crippen LogP contribution in [-0.2, 0) is 32.7 Å². The van der Waals surface area contributed by atoms with Crippen LogP contribution in [0.3, 0.4) is 0 Å². The molecule has 0 spiro atoms. The fourth-order valence-corrected chi connectivity index (χ4v) is 5.31. The number of carbonyl (C=O) groups is 2. The molecule has 0 bridgehead atoms. The summed E-state index contributed by atoms with van der Waals surface area (Å²) >= 11 is 0. The molecule has 0 rings (SSSR count). The second kappa shape index (κ2) is 35.5. The molecule has 0 saturated carbocycles. The summed E-state index contributed by atoms with van der Waals surface area (Å²) in [6.07, 6.45) is 39.7. The van der Waals surface area contributed by atoms with Gasteiger partial charge in [-0.05, 0) is 70.6 Å². The lowest BCUT2D eigenvalue weighted by atomic mass is 10.1. The van der Waals surface area contributed by atoms with E-state index < -0.39 is 32.5 Å². The molecular weight excluding hydrogens is 641 g/mol. The van der Waals surface area contributed by atoms with Gasteiger partial charge in [-0.3, -0.25) is 18.6 Å². The van der Waals surface area contributed by atoms with Crippen molar-refractivity contribution in [3.8, 4) is 0 Å². The molecule has 0 aromatic rings. The van der Waals surface area contributed by atoms with Gasteiger partial charge in [0, 0.05) is 19.4 Å². The van der Waals surface area contributed by atoms with Crippen molar-refractivity contribution >= 4 is 19.8 Å². The first-order valence-electron chi connectivity index (χ1n) is 18.8. The second-order valence-electron chi connectivity index (χ2n) is 12.1. The van der Waals surface area contributed by atoms with Crippen molar-refractivity contribution in [3.05, 3.63) is 60.8 Å². The van der Waals surface area contributed by atoms with Gasteiger partial charge < -0.3 is 20.1 Å². The molecule has 0 fully saturated rings. The van der Waals surface area contributed by atoms with Crippen LogP contribution in [0.5, 0.6) is 0 Å². The van der Waals surface area contributed by atoms with Gasteiger partial charge in [0.15, 0.2) is 6.10 Å². The average Bonchev–Trinajstić information content (AvgIpc) is 3.08. The van der Waals surface area contributed by atoms with Gasteiger partial charge in [0.2, 0.25) is 0 Å². The number of phosphoric ester groups is 1. The normalized spacial score (nSPS) is 14.1. The third-order valence-corrected chi connectivity index (χ3v) is 8.36. The maximum absolute atomic E-state index is 12.5. The maximum atomic E-state index is 12.5. The molecule has 2 unspecified atom stereocenters. The minimum atomic E-state index is -4.39. The number of hydrogen-bond acceptors (Lipinski definition) is 8. The summed E-state index contributed by atoms with van der Waals surface area (Å²) in [7, 11) is -4.39. The Bertz CT molecular complexity index is 992. The highest BCUT2D eigenvalue weighted by Gasteiger charge is 2.25. The minimum Gasteiger partial charge on any atom is -0.462 e. The molecule has 2 atom stereocenters. The Kier molecular flexibility index (Phi) is 33.9. The highest BCUT2D eigenvalue weighted by atomic mass is 31.2. The highest BCUT2D eigenvalue weighted by molar-refractivity contribution is 7.47. The Morgan fingerprint density at radius 2 is 1.10 bits per heavy atom. The smallest absolute Gasteiger partial charge is 0.462 e. The zero-order valence-corrected chi connectivity index (χ0v) is 31.5. The number of esters is 2. The molecule has 49 heavy (non-hydrogen) atoms. The Morgan fingerprint density at radius 1 is 0.612 bits per heavy atom. The van der Waals surface area contributed by atoms with Crippen molar-refractivity contribution in [2.24, 2.45) is 5.73 Å². The average molecular weight is 710 g/mol. The standard InChI is InChI=1S/C39H68NO8P/c1-3-5-7-9-11-13-15-16-17-18-19-20-22-24-26-28-30-32-39(42)48-37(36-47-49(43,44)46-34-33-40)35-45-38(41)31-29-27-25-23-21-14-12-10-8-6-4-2/h10-13,16-17,19-20,24,26,37H,3-9,14-15,18,21-23,25,27-36,40H2,1-2H3,(H,43,44). The summed E-state index contributed by atoms with van der Waals surface area (Å²) in [5.74, 6) is -0.914. The number of phosphoric acid groups is 1. The summed E-state index contributed by atoms with van der Waals surface area (Å²) in [6, 6.07) is 0. The van der Waals surface area contributed by atoms with E-state index in [2.05, 4.69) is 68.5 Å². The molecule has 0 aliphatic carbocycles.